The second-order valence-corrected chi connectivity index (χ2v) is 2.85. The van der Waals surface area contributed by atoms with Crippen LogP contribution in [0.15, 0.2) is 35.3 Å². The van der Waals surface area contributed by atoms with Gasteiger partial charge in [0, 0.05) is 18.3 Å². The van der Waals surface area contributed by atoms with Gasteiger partial charge in [-0.1, -0.05) is 25.1 Å². The zero-order chi connectivity index (χ0) is 9.52. The first-order chi connectivity index (χ1) is 6.36. The molecule has 0 aliphatic rings. The fourth-order valence-electron chi connectivity index (χ4n) is 0.962. The molecule has 2 nitrogen and oxygen atoms in total. The van der Waals surface area contributed by atoms with E-state index < -0.39 is 0 Å². The predicted octanol–water partition coefficient (Wildman–Crippen LogP) is 3.06. The van der Waals surface area contributed by atoms with Crippen LogP contribution in [0.25, 0.3) is 0 Å². The number of benzene rings is 1. The molecule has 1 atom stereocenters. The van der Waals surface area contributed by atoms with E-state index in [1.807, 2.05) is 43.5 Å². The molecule has 0 radical (unpaired) electrons. The van der Waals surface area contributed by atoms with Gasteiger partial charge in [0.05, 0.1) is 5.69 Å². The molecule has 1 N–H and O–H groups in total. The van der Waals surface area contributed by atoms with E-state index in [9.17, 15) is 0 Å². The molecule has 0 amide bonds. The van der Waals surface area contributed by atoms with Gasteiger partial charge in [-0.2, -0.15) is 0 Å². The van der Waals surface area contributed by atoms with Crippen LogP contribution in [0, 0.1) is 11.3 Å². The lowest BCUT2D eigenvalue weighted by Crippen LogP contribution is -1.99. The second-order valence-electron chi connectivity index (χ2n) is 2.85. The molecule has 0 aromatic heterocycles. The monoisotopic (exact) mass is 174 g/mol. The summed E-state index contributed by atoms with van der Waals surface area (Å²) in [6, 6.07) is 9.78. The maximum atomic E-state index is 7.11. The standard InChI is InChI=1S/C11H14N2/c1-2-10(8-12)9-13-11-6-4-3-5-7-11/h3-10,12H,2H2,1H3. The Bertz CT molecular complexity index is 277. The summed E-state index contributed by atoms with van der Waals surface area (Å²) in [5, 5.41) is 7.11. The van der Waals surface area contributed by atoms with Crippen LogP contribution < -0.4 is 0 Å². The largest absolute Gasteiger partial charge is 0.312 e. The Kier molecular flexibility index (Phi) is 3.89. The molecule has 0 heterocycles. The number of nitrogens with one attached hydrogen (secondary N) is 1. The summed E-state index contributed by atoms with van der Waals surface area (Å²) in [5.74, 6) is 0.167. The van der Waals surface area contributed by atoms with Crippen LogP contribution in [0.4, 0.5) is 5.69 Å². The Hall–Kier alpha value is -1.44. The minimum Gasteiger partial charge on any atom is -0.312 e. The Labute approximate surface area is 78.8 Å². The van der Waals surface area contributed by atoms with E-state index in [0.29, 0.717) is 0 Å². The molecule has 0 spiro atoms. The molecule has 0 saturated carbocycles. The van der Waals surface area contributed by atoms with Crippen LogP contribution in [0.5, 0.6) is 0 Å². The summed E-state index contributed by atoms with van der Waals surface area (Å²) in [6.07, 6.45) is 4.18. The number of hydrogen-bond donors (Lipinski definition) is 1. The molecule has 0 bridgehead atoms. The van der Waals surface area contributed by atoms with Gasteiger partial charge in [-0.05, 0) is 18.6 Å². The second kappa shape index (κ2) is 5.25. The highest BCUT2D eigenvalue weighted by Gasteiger charge is 1.95. The highest BCUT2D eigenvalue weighted by Crippen LogP contribution is 2.09. The molecular formula is C11H14N2. The van der Waals surface area contributed by atoms with Crippen molar-refractivity contribution in [1.82, 2.24) is 0 Å². The number of aliphatic imine (C=N–C) groups is 1. The average molecular weight is 174 g/mol. The molecule has 1 aromatic rings. The van der Waals surface area contributed by atoms with E-state index in [1.54, 1.807) is 0 Å². The van der Waals surface area contributed by atoms with Crippen molar-refractivity contribution in [2.24, 2.45) is 10.9 Å². The Morgan fingerprint density at radius 1 is 1.38 bits per heavy atom. The van der Waals surface area contributed by atoms with Gasteiger partial charge in [0.25, 0.3) is 0 Å². The van der Waals surface area contributed by atoms with E-state index >= 15 is 0 Å². The van der Waals surface area contributed by atoms with Crippen molar-refractivity contribution in [2.75, 3.05) is 0 Å². The highest BCUT2D eigenvalue weighted by molar-refractivity contribution is 5.83. The smallest absolute Gasteiger partial charge is 0.0625 e. The molecule has 13 heavy (non-hydrogen) atoms. The minimum absolute atomic E-state index is 0.167. The molecule has 1 rings (SSSR count). The van der Waals surface area contributed by atoms with Crippen LogP contribution in [0.1, 0.15) is 13.3 Å². The topological polar surface area (TPSA) is 36.2 Å². The summed E-state index contributed by atoms with van der Waals surface area (Å²) in [7, 11) is 0. The fraction of sp³-hybridized carbons (Fsp3) is 0.273. The van der Waals surface area contributed by atoms with E-state index in [1.165, 1.54) is 6.21 Å². The Morgan fingerprint density at radius 3 is 2.62 bits per heavy atom. The minimum atomic E-state index is 0.167. The molecule has 1 unspecified atom stereocenters. The van der Waals surface area contributed by atoms with Crippen LogP contribution in [-0.2, 0) is 0 Å². The van der Waals surface area contributed by atoms with Gasteiger partial charge in [-0.3, -0.25) is 4.99 Å². The third-order valence-corrected chi connectivity index (χ3v) is 1.86. The lowest BCUT2D eigenvalue weighted by molar-refractivity contribution is 0.884. The van der Waals surface area contributed by atoms with Crippen LogP contribution >= 0.6 is 0 Å². The average Bonchev–Trinajstić information content (AvgIpc) is 2.21. The van der Waals surface area contributed by atoms with Crippen molar-refractivity contribution >= 4 is 18.1 Å². The first-order valence-corrected chi connectivity index (χ1v) is 4.46. The maximum Gasteiger partial charge on any atom is 0.0625 e. The molecule has 0 aliphatic carbocycles. The number of nitrogens with zero attached hydrogens (tertiary/aromatic N) is 1. The fourth-order valence-corrected chi connectivity index (χ4v) is 0.962. The molecule has 0 fully saturated rings. The number of rotatable bonds is 4. The quantitative estimate of drug-likeness (QED) is 0.681. The van der Waals surface area contributed by atoms with Crippen molar-refractivity contribution in [3.8, 4) is 0 Å². The van der Waals surface area contributed by atoms with Gasteiger partial charge in [0.15, 0.2) is 0 Å². The van der Waals surface area contributed by atoms with Crippen LogP contribution in [0.3, 0.4) is 0 Å². The maximum absolute atomic E-state index is 7.11. The Balaban J connectivity index is 2.62. The number of hydrogen-bond acceptors (Lipinski definition) is 2. The van der Waals surface area contributed by atoms with Gasteiger partial charge in [0.1, 0.15) is 0 Å². The van der Waals surface area contributed by atoms with Gasteiger partial charge in [-0.25, -0.2) is 0 Å². The van der Waals surface area contributed by atoms with Crippen molar-refractivity contribution in [1.29, 1.82) is 5.41 Å². The molecule has 68 valence electrons. The first-order valence-electron chi connectivity index (χ1n) is 4.46. The van der Waals surface area contributed by atoms with Crippen molar-refractivity contribution in [3.63, 3.8) is 0 Å². The first kappa shape index (κ1) is 9.65. The van der Waals surface area contributed by atoms with Gasteiger partial charge in [0.2, 0.25) is 0 Å². The van der Waals surface area contributed by atoms with E-state index in [-0.39, 0.29) is 5.92 Å². The lowest BCUT2D eigenvalue weighted by Gasteiger charge is -1.98. The summed E-state index contributed by atoms with van der Waals surface area (Å²) < 4.78 is 0. The SMILES string of the molecule is CCC(C=N)C=Nc1ccccc1. The zero-order valence-corrected chi connectivity index (χ0v) is 7.77. The van der Waals surface area contributed by atoms with Crippen LogP contribution in [-0.4, -0.2) is 12.4 Å². The van der Waals surface area contributed by atoms with Crippen molar-refractivity contribution in [3.05, 3.63) is 30.3 Å². The van der Waals surface area contributed by atoms with E-state index in [0.717, 1.165) is 12.1 Å². The normalized spacial score (nSPS) is 13.0. The predicted molar refractivity (Wildman–Crippen MR) is 57.2 cm³/mol. The molecular weight excluding hydrogens is 160 g/mol. The zero-order valence-electron chi connectivity index (χ0n) is 7.77. The molecule has 0 aliphatic heterocycles. The van der Waals surface area contributed by atoms with E-state index in [4.69, 9.17) is 5.41 Å². The highest BCUT2D eigenvalue weighted by atomic mass is 14.7. The van der Waals surface area contributed by atoms with Crippen molar-refractivity contribution < 1.29 is 0 Å². The van der Waals surface area contributed by atoms with Gasteiger partial charge < -0.3 is 5.41 Å². The molecule has 2 heteroatoms. The summed E-state index contributed by atoms with van der Waals surface area (Å²) in [6.45, 7) is 2.05. The molecule has 0 saturated heterocycles. The van der Waals surface area contributed by atoms with E-state index in [2.05, 4.69) is 4.99 Å². The Morgan fingerprint density at radius 2 is 2.08 bits per heavy atom. The molecule has 1 aromatic carbocycles. The van der Waals surface area contributed by atoms with Crippen LogP contribution in [0.2, 0.25) is 0 Å². The summed E-state index contributed by atoms with van der Waals surface area (Å²) in [5.41, 5.74) is 0.947. The lowest BCUT2D eigenvalue weighted by atomic mass is 10.1. The number of para-hydroxylation sites is 1. The van der Waals surface area contributed by atoms with Crippen molar-refractivity contribution in [2.45, 2.75) is 13.3 Å². The summed E-state index contributed by atoms with van der Waals surface area (Å²) in [4.78, 5) is 4.27. The van der Waals surface area contributed by atoms with Gasteiger partial charge >= 0.3 is 0 Å². The third kappa shape index (κ3) is 3.20. The third-order valence-electron chi connectivity index (χ3n) is 1.86. The van der Waals surface area contributed by atoms with Gasteiger partial charge in [-0.15, -0.1) is 0 Å². The summed E-state index contributed by atoms with van der Waals surface area (Å²) >= 11 is 0.